The van der Waals surface area contributed by atoms with Crippen LogP contribution in [0.5, 0.6) is 5.75 Å². The van der Waals surface area contributed by atoms with Crippen LogP contribution in [-0.2, 0) is 9.53 Å². The summed E-state index contributed by atoms with van der Waals surface area (Å²) < 4.78 is 10.8. The minimum absolute atomic E-state index is 0.00709. The number of nitrogens with zero attached hydrogens (tertiary/aromatic N) is 1. The molecule has 1 saturated heterocycles. The number of likely N-dealkylation sites (N-methyl/N-ethyl adjacent to an activating group) is 1. The normalized spacial score (nSPS) is 22.3. The third kappa shape index (κ3) is 3.05. The van der Waals surface area contributed by atoms with E-state index >= 15 is 0 Å². The Bertz CT molecular complexity index is 450. The first kappa shape index (κ1) is 13.8. The van der Waals surface area contributed by atoms with E-state index in [0.717, 1.165) is 24.3 Å². The van der Waals surface area contributed by atoms with Crippen LogP contribution in [0.2, 0.25) is 0 Å². The van der Waals surface area contributed by atoms with Crippen molar-refractivity contribution in [2.24, 2.45) is 5.73 Å². The zero-order chi connectivity index (χ0) is 13.8. The van der Waals surface area contributed by atoms with Gasteiger partial charge in [0, 0.05) is 25.3 Å². The van der Waals surface area contributed by atoms with Gasteiger partial charge in [-0.1, -0.05) is 6.07 Å². The summed E-state index contributed by atoms with van der Waals surface area (Å²) in [6, 6.07) is 7.40. The van der Waals surface area contributed by atoms with Crippen molar-refractivity contribution in [1.82, 2.24) is 0 Å². The van der Waals surface area contributed by atoms with E-state index in [0.29, 0.717) is 6.54 Å². The third-order valence-corrected chi connectivity index (χ3v) is 3.42. The van der Waals surface area contributed by atoms with Crippen LogP contribution in [0, 0.1) is 0 Å². The average Bonchev–Trinajstić information content (AvgIpc) is 2.94. The van der Waals surface area contributed by atoms with Gasteiger partial charge in [-0.3, -0.25) is 4.79 Å². The molecule has 2 N–H and O–H groups in total. The first-order chi connectivity index (χ1) is 9.15. The van der Waals surface area contributed by atoms with Gasteiger partial charge in [-0.15, -0.1) is 0 Å². The minimum Gasteiger partial charge on any atom is -0.497 e. The Hall–Kier alpha value is -1.59. The van der Waals surface area contributed by atoms with E-state index in [1.165, 1.54) is 0 Å². The molecule has 1 aromatic carbocycles. The fraction of sp³-hybridized carbons (Fsp3) is 0.500. The van der Waals surface area contributed by atoms with Gasteiger partial charge in [-0.25, -0.2) is 0 Å². The predicted molar refractivity (Wildman–Crippen MR) is 73.4 cm³/mol. The molecule has 2 rings (SSSR count). The van der Waals surface area contributed by atoms with Gasteiger partial charge in [0.1, 0.15) is 11.9 Å². The van der Waals surface area contributed by atoms with Crippen LogP contribution in [0.3, 0.4) is 0 Å². The van der Waals surface area contributed by atoms with Gasteiger partial charge < -0.3 is 20.1 Å². The van der Waals surface area contributed by atoms with E-state index < -0.39 is 0 Å². The monoisotopic (exact) mass is 264 g/mol. The fourth-order valence-electron chi connectivity index (χ4n) is 2.22. The van der Waals surface area contributed by atoms with Crippen molar-refractivity contribution in [2.75, 3.05) is 25.6 Å². The number of amides is 1. The van der Waals surface area contributed by atoms with E-state index in [2.05, 4.69) is 0 Å². The zero-order valence-corrected chi connectivity index (χ0v) is 11.3. The summed E-state index contributed by atoms with van der Waals surface area (Å²) in [6.45, 7) is 0.465. The fourth-order valence-corrected chi connectivity index (χ4v) is 2.22. The number of carbonyl (C=O) groups is 1. The summed E-state index contributed by atoms with van der Waals surface area (Å²) in [5.41, 5.74) is 6.35. The molecule has 5 nitrogen and oxygen atoms in total. The highest BCUT2D eigenvalue weighted by molar-refractivity contribution is 5.96. The Balaban J connectivity index is 2.06. The Labute approximate surface area is 113 Å². The van der Waals surface area contributed by atoms with Gasteiger partial charge in [0.15, 0.2) is 0 Å². The van der Waals surface area contributed by atoms with Crippen molar-refractivity contribution in [1.29, 1.82) is 0 Å². The molecule has 5 heteroatoms. The first-order valence-corrected chi connectivity index (χ1v) is 6.43. The summed E-state index contributed by atoms with van der Waals surface area (Å²) in [6.07, 6.45) is 1.20. The largest absolute Gasteiger partial charge is 0.497 e. The van der Waals surface area contributed by atoms with Crippen LogP contribution < -0.4 is 15.4 Å². The van der Waals surface area contributed by atoms with Gasteiger partial charge in [-0.2, -0.15) is 0 Å². The van der Waals surface area contributed by atoms with Crippen LogP contribution in [0.15, 0.2) is 24.3 Å². The molecule has 0 radical (unpaired) electrons. The molecule has 1 heterocycles. The van der Waals surface area contributed by atoms with Gasteiger partial charge in [-0.05, 0) is 25.0 Å². The van der Waals surface area contributed by atoms with Gasteiger partial charge in [0.25, 0.3) is 5.91 Å². The number of nitrogens with two attached hydrogens (primary N) is 1. The second-order valence-electron chi connectivity index (χ2n) is 4.66. The van der Waals surface area contributed by atoms with Gasteiger partial charge in [0.05, 0.1) is 13.2 Å². The lowest BCUT2D eigenvalue weighted by Gasteiger charge is -2.21. The molecule has 2 unspecified atom stereocenters. The summed E-state index contributed by atoms with van der Waals surface area (Å²) in [7, 11) is 3.35. The second kappa shape index (κ2) is 6.04. The van der Waals surface area contributed by atoms with E-state index in [4.69, 9.17) is 15.2 Å². The number of carbonyl (C=O) groups excluding carboxylic acids is 1. The summed E-state index contributed by atoms with van der Waals surface area (Å²) in [4.78, 5) is 13.9. The molecule has 0 aromatic heterocycles. The maximum absolute atomic E-state index is 12.3. The van der Waals surface area contributed by atoms with E-state index in [-0.39, 0.29) is 18.1 Å². The summed E-state index contributed by atoms with van der Waals surface area (Å²) in [5.74, 6) is 0.688. The van der Waals surface area contributed by atoms with Crippen LogP contribution in [-0.4, -0.2) is 38.8 Å². The molecule has 1 aliphatic heterocycles. The van der Waals surface area contributed by atoms with Gasteiger partial charge in [0.2, 0.25) is 0 Å². The molecule has 0 aliphatic carbocycles. The molecule has 0 spiro atoms. The average molecular weight is 264 g/mol. The molecule has 1 fully saturated rings. The Morgan fingerprint density at radius 1 is 1.53 bits per heavy atom. The zero-order valence-electron chi connectivity index (χ0n) is 11.3. The molecule has 1 aliphatic rings. The third-order valence-electron chi connectivity index (χ3n) is 3.42. The quantitative estimate of drug-likeness (QED) is 0.886. The van der Waals surface area contributed by atoms with E-state index in [1.54, 1.807) is 19.1 Å². The lowest BCUT2D eigenvalue weighted by molar-refractivity contribution is -0.128. The summed E-state index contributed by atoms with van der Waals surface area (Å²) in [5, 5.41) is 0. The van der Waals surface area contributed by atoms with Crippen molar-refractivity contribution < 1.29 is 14.3 Å². The first-order valence-electron chi connectivity index (χ1n) is 6.43. The highest BCUT2D eigenvalue weighted by atomic mass is 16.5. The summed E-state index contributed by atoms with van der Waals surface area (Å²) >= 11 is 0. The highest BCUT2D eigenvalue weighted by Crippen LogP contribution is 2.25. The van der Waals surface area contributed by atoms with Crippen molar-refractivity contribution in [3.8, 4) is 5.75 Å². The lowest BCUT2D eigenvalue weighted by Crippen LogP contribution is -2.37. The molecular weight excluding hydrogens is 244 g/mol. The Morgan fingerprint density at radius 2 is 2.32 bits per heavy atom. The topological polar surface area (TPSA) is 64.8 Å². The minimum atomic E-state index is -0.384. The van der Waals surface area contributed by atoms with E-state index in [9.17, 15) is 4.79 Å². The van der Waals surface area contributed by atoms with Crippen LogP contribution in [0.1, 0.15) is 12.8 Å². The van der Waals surface area contributed by atoms with Crippen molar-refractivity contribution >= 4 is 11.6 Å². The highest BCUT2D eigenvalue weighted by Gasteiger charge is 2.32. The second-order valence-corrected chi connectivity index (χ2v) is 4.66. The number of ether oxygens (including phenoxy) is 2. The lowest BCUT2D eigenvalue weighted by atomic mass is 10.1. The Morgan fingerprint density at radius 3 is 2.95 bits per heavy atom. The molecule has 1 amide bonds. The molecule has 104 valence electrons. The SMILES string of the molecule is COc1cccc(N(C)C(=O)C2CCC(CN)O2)c1. The number of methoxy groups -OCH3 is 1. The van der Waals surface area contributed by atoms with Crippen LogP contribution in [0.4, 0.5) is 5.69 Å². The van der Waals surface area contributed by atoms with Crippen molar-refractivity contribution in [3.05, 3.63) is 24.3 Å². The predicted octanol–water partition coefficient (Wildman–Crippen LogP) is 1.16. The van der Waals surface area contributed by atoms with Crippen LogP contribution in [0.25, 0.3) is 0 Å². The van der Waals surface area contributed by atoms with Crippen LogP contribution >= 0.6 is 0 Å². The molecule has 2 atom stereocenters. The smallest absolute Gasteiger partial charge is 0.255 e. The molecule has 0 saturated carbocycles. The molecule has 1 aromatic rings. The molecule has 19 heavy (non-hydrogen) atoms. The van der Waals surface area contributed by atoms with Crippen molar-refractivity contribution in [3.63, 3.8) is 0 Å². The number of hydrogen-bond acceptors (Lipinski definition) is 4. The standard InChI is InChI=1S/C14H20N2O3/c1-16(10-4-3-5-11(8-10)18-2)14(17)13-7-6-12(9-15)19-13/h3-5,8,12-13H,6-7,9,15H2,1-2H3. The number of benzene rings is 1. The maximum atomic E-state index is 12.3. The number of rotatable bonds is 4. The Kier molecular flexibility index (Phi) is 4.39. The molecular formula is C14H20N2O3. The van der Waals surface area contributed by atoms with Crippen molar-refractivity contribution in [2.45, 2.75) is 25.0 Å². The van der Waals surface area contributed by atoms with Gasteiger partial charge >= 0.3 is 0 Å². The number of anilines is 1. The number of hydrogen-bond donors (Lipinski definition) is 1. The molecule has 0 bridgehead atoms. The van der Waals surface area contributed by atoms with E-state index in [1.807, 2.05) is 24.3 Å². The maximum Gasteiger partial charge on any atom is 0.255 e.